The standard InChI is InChI=1S/C14H12BrFN4S/c1-2-17-14-19-12(9-5-6-21-13(9)20-14)18-11-4-3-8(16)7-10(11)15/h3-7H,2H2,1H3,(H2,17,18,19,20). The van der Waals surface area contributed by atoms with Gasteiger partial charge in [-0.3, -0.25) is 0 Å². The molecule has 0 fully saturated rings. The average molecular weight is 367 g/mol. The lowest BCUT2D eigenvalue weighted by atomic mass is 10.3. The maximum atomic E-state index is 13.2. The molecule has 0 atom stereocenters. The van der Waals surface area contributed by atoms with Crippen LogP contribution in [-0.4, -0.2) is 16.5 Å². The molecule has 0 radical (unpaired) electrons. The van der Waals surface area contributed by atoms with E-state index in [2.05, 4.69) is 36.5 Å². The van der Waals surface area contributed by atoms with E-state index in [0.717, 1.165) is 22.4 Å². The van der Waals surface area contributed by atoms with Crippen LogP contribution in [0, 0.1) is 5.82 Å². The summed E-state index contributed by atoms with van der Waals surface area (Å²) in [7, 11) is 0. The van der Waals surface area contributed by atoms with Crippen molar-refractivity contribution in [3.8, 4) is 0 Å². The van der Waals surface area contributed by atoms with Gasteiger partial charge in [-0.2, -0.15) is 4.98 Å². The lowest BCUT2D eigenvalue weighted by Crippen LogP contribution is -2.04. The van der Waals surface area contributed by atoms with E-state index < -0.39 is 0 Å². The van der Waals surface area contributed by atoms with Crippen LogP contribution in [0.2, 0.25) is 0 Å². The summed E-state index contributed by atoms with van der Waals surface area (Å²) in [5.41, 5.74) is 0.755. The van der Waals surface area contributed by atoms with Crippen molar-refractivity contribution in [1.82, 2.24) is 9.97 Å². The third-order valence-electron chi connectivity index (χ3n) is 2.84. The minimum absolute atomic E-state index is 0.288. The van der Waals surface area contributed by atoms with Crippen LogP contribution in [0.15, 0.2) is 34.1 Å². The first-order valence-corrected chi connectivity index (χ1v) is 8.06. The lowest BCUT2D eigenvalue weighted by molar-refractivity contribution is 0.627. The van der Waals surface area contributed by atoms with Gasteiger partial charge in [-0.1, -0.05) is 0 Å². The van der Waals surface area contributed by atoms with E-state index in [1.807, 2.05) is 18.4 Å². The van der Waals surface area contributed by atoms with Gasteiger partial charge in [0.2, 0.25) is 5.95 Å². The topological polar surface area (TPSA) is 49.8 Å². The summed E-state index contributed by atoms with van der Waals surface area (Å²) in [4.78, 5) is 9.83. The molecule has 2 N–H and O–H groups in total. The largest absolute Gasteiger partial charge is 0.354 e. The van der Waals surface area contributed by atoms with Crippen molar-refractivity contribution in [1.29, 1.82) is 0 Å². The molecule has 0 unspecified atom stereocenters. The van der Waals surface area contributed by atoms with Gasteiger partial charge in [0.15, 0.2) is 0 Å². The number of aromatic nitrogens is 2. The number of anilines is 3. The van der Waals surface area contributed by atoms with Crippen molar-refractivity contribution in [2.24, 2.45) is 0 Å². The summed E-state index contributed by atoms with van der Waals surface area (Å²) in [6, 6.07) is 6.46. The highest BCUT2D eigenvalue weighted by atomic mass is 79.9. The van der Waals surface area contributed by atoms with Crippen molar-refractivity contribution < 1.29 is 4.39 Å². The highest BCUT2D eigenvalue weighted by molar-refractivity contribution is 9.10. The lowest BCUT2D eigenvalue weighted by Gasteiger charge is -2.10. The SMILES string of the molecule is CCNc1nc(Nc2ccc(F)cc2Br)c2ccsc2n1. The first-order valence-electron chi connectivity index (χ1n) is 6.38. The fourth-order valence-corrected chi connectivity index (χ4v) is 3.12. The molecule has 3 rings (SSSR count). The molecular weight excluding hydrogens is 355 g/mol. The molecule has 108 valence electrons. The van der Waals surface area contributed by atoms with Crippen LogP contribution in [0.3, 0.4) is 0 Å². The molecule has 7 heteroatoms. The van der Waals surface area contributed by atoms with E-state index in [-0.39, 0.29) is 5.82 Å². The van der Waals surface area contributed by atoms with Gasteiger partial charge >= 0.3 is 0 Å². The summed E-state index contributed by atoms with van der Waals surface area (Å²) < 4.78 is 13.8. The minimum Gasteiger partial charge on any atom is -0.354 e. The monoisotopic (exact) mass is 366 g/mol. The number of nitrogens with zero attached hydrogens (tertiary/aromatic N) is 2. The Morgan fingerprint density at radius 3 is 2.90 bits per heavy atom. The third-order valence-corrected chi connectivity index (χ3v) is 4.31. The quantitative estimate of drug-likeness (QED) is 0.698. The molecule has 0 amide bonds. The molecule has 0 aliphatic rings. The van der Waals surface area contributed by atoms with Crippen LogP contribution in [0.4, 0.5) is 21.8 Å². The number of benzene rings is 1. The maximum Gasteiger partial charge on any atom is 0.226 e. The van der Waals surface area contributed by atoms with Crippen LogP contribution in [-0.2, 0) is 0 Å². The molecule has 4 nitrogen and oxygen atoms in total. The number of rotatable bonds is 4. The fraction of sp³-hybridized carbons (Fsp3) is 0.143. The zero-order chi connectivity index (χ0) is 14.8. The van der Waals surface area contributed by atoms with Crippen LogP contribution in [0.5, 0.6) is 0 Å². The van der Waals surface area contributed by atoms with Crippen LogP contribution >= 0.6 is 27.3 Å². The number of hydrogen-bond donors (Lipinski definition) is 2. The van der Waals surface area contributed by atoms with E-state index in [1.165, 1.54) is 12.1 Å². The molecule has 0 aliphatic heterocycles. The summed E-state index contributed by atoms with van der Waals surface area (Å²) in [6.07, 6.45) is 0. The first-order chi connectivity index (χ1) is 10.2. The average Bonchev–Trinajstić information content (AvgIpc) is 2.91. The Morgan fingerprint density at radius 2 is 2.14 bits per heavy atom. The van der Waals surface area contributed by atoms with Gasteiger partial charge < -0.3 is 10.6 Å². The number of hydrogen-bond acceptors (Lipinski definition) is 5. The number of thiophene rings is 1. The molecule has 0 saturated carbocycles. The Balaban J connectivity index is 2.04. The second-order valence-corrected chi connectivity index (χ2v) is 6.06. The normalized spacial score (nSPS) is 10.8. The van der Waals surface area contributed by atoms with E-state index in [9.17, 15) is 4.39 Å². The van der Waals surface area contributed by atoms with Crippen molar-refractivity contribution in [2.75, 3.05) is 17.2 Å². The minimum atomic E-state index is -0.288. The van der Waals surface area contributed by atoms with E-state index in [4.69, 9.17) is 0 Å². The van der Waals surface area contributed by atoms with Gasteiger partial charge in [0.25, 0.3) is 0 Å². The molecule has 2 heterocycles. The Hall–Kier alpha value is -1.73. The maximum absolute atomic E-state index is 13.2. The number of nitrogens with one attached hydrogen (secondary N) is 2. The zero-order valence-electron chi connectivity index (χ0n) is 11.2. The molecule has 2 aromatic heterocycles. The van der Waals surface area contributed by atoms with Gasteiger partial charge in [-0.05, 0) is 52.5 Å². The van der Waals surface area contributed by atoms with Crippen LogP contribution in [0.1, 0.15) is 6.92 Å². The fourth-order valence-electron chi connectivity index (χ4n) is 1.91. The van der Waals surface area contributed by atoms with E-state index in [1.54, 1.807) is 17.4 Å². The smallest absolute Gasteiger partial charge is 0.226 e. The Labute approximate surface area is 133 Å². The molecule has 3 aromatic rings. The van der Waals surface area contributed by atoms with E-state index >= 15 is 0 Å². The Morgan fingerprint density at radius 1 is 1.29 bits per heavy atom. The third kappa shape index (κ3) is 2.98. The van der Waals surface area contributed by atoms with Crippen molar-refractivity contribution in [2.45, 2.75) is 6.92 Å². The molecule has 21 heavy (non-hydrogen) atoms. The zero-order valence-corrected chi connectivity index (χ0v) is 13.6. The van der Waals surface area contributed by atoms with Gasteiger partial charge in [-0.15, -0.1) is 11.3 Å². The summed E-state index contributed by atoms with van der Waals surface area (Å²) in [5, 5.41) is 9.26. The number of fused-ring (bicyclic) bond motifs is 1. The van der Waals surface area contributed by atoms with Gasteiger partial charge in [-0.25, -0.2) is 9.37 Å². The summed E-state index contributed by atoms with van der Waals surface area (Å²) >= 11 is 4.91. The Kier molecular flexibility index (Phi) is 4.03. The van der Waals surface area contributed by atoms with E-state index in [0.29, 0.717) is 16.2 Å². The second kappa shape index (κ2) is 5.95. The second-order valence-electron chi connectivity index (χ2n) is 4.31. The molecule has 0 saturated heterocycles. The summed E-state index contributed by atoms with van der Waals surface area (Å²) in [6.45, 7) is 2.74. The number of halogens is 2. The van der Waals surface area contributed by atoms with Gasteiger partial charge in [0.05, 0.1) is 11.1 Å². The van der Waals surface area contributed by atoms with Crippen LogP contribution in [0.25, 0.3) is 10.2 Å². The van der Waals surface area contributed by atoms with Crippen molar-refractivity contribution in [3.05, 3.63) is 39.9 Å². The molecular formula is C14H12BrFN4S. The van der Waals surface area contributed by atoms with Gasteiger partial charge in [0.1, 0.15) is 16.5 Å². The summed E-state index contributed by atoms with van der Waals surface area (Å²) in [5.74, 6) is 0.988. The molecule has 0 bridgehead atoms. The highest BCUT2D eigenvalue weighted by Gasteiger charge is 2.10. The predicted octanol–water partition coefficient (Wildman–Crippen LogP) is 4.77. The predicted molar refractivity (Wildman–Crippen MR) is 89.0 cm³/mol. The molecule has 1 aromatic carbocycles. The molecule has 0 spiro atoms. The van der Waals surface area contributed by atoms with Crippen LogP contribution < -0.4 is 10.6 Å². The van der Waals surface area contributed by atoms with Gasteiger partial charge in [0, 0.05) is 11.0 Å². The highest BCUT2D eigenvalue weighted by Crippen LogP contribution is 2.31. The van der Waals surface area contributed by atoms with Crippen molar-refractivity contribution >= 4 is 54.9 Å². The van der Waals surface area contributed by atoms with Crippen molar-refractivity contribution in [3.63, 3.8) is 0 Å². The molecule has 0 aliphatic carbocycles. The first kappa shape index (κ1) is 14.2. The Bertz CT molecular complexity index is 790.